The van der Waals surface area contributed by atoms with Gasteiger partial charge in [-0.1, -0.05) is 64.4 Å². The van der Waals surface area contributed by atoms with Crippen molar-refractivity contribution in [2.45, 2.75) is 77.5 Å². The Hall–Kier alpha value is -3.47. The normalized spacial score (nSPS) is 15.2. The highest BCUT2D eigenvalue weighted by molar-refractivity contribution is 5.95. The Labute approximate surface area is 211 Å². The first-order valence-electron chi connectivity index (χ1n) is 12.0. The molecule has 0 aromatic heterocycles. The molecule has 7 N–H and O–H groups in total. The van der Waals surface area contributed by atoms with Crippen LogP contribution in [0.5, 0.6) is 0 Å². The summed E-state index contributed by atoms with van der Waals surface area (Å²) in [6.45, 7) is 7.24. The van der Waals surface area contributed by atoms with Crippen molar-refractivity contribution in [1.82, 2.24) is 16.0 Å². The Morgan fingerprint density at radius 1 is 0.861 bits per heavy atom. The van der Waals surface area contributed by atoms with Gasteiger partial charge in [-0.2, -0.15) is 0 Å². The van der Waals surface area contributed by atoms with Crippen LogP contribution < -0.4 is 21.7 Å². The molecule has 1 rings (SSSR count). The molecular weight excluding hydrogens is 468 g/mol. The predicted octanol–water partition coefficient (Wildman–Crippen LogP) is 0.662. The van der Waals surface area contributed by atoms with Crippen LogP contribution in [0.4, 0.5) is 0 Å². The SMILES string of the molecule is CCC(C)C(NC(=O)C(Cc1ccccc1)NC(=O)C(N)CC(=O)O)C(=O)NC(CC(C)C)C(=O)O. The molecule has 3 amide bonds. The molecule has 1 aromatic rings. The van der Waals surface area contributed by atoms with Crippen molar-refractivity contribution in [2.24, 2.45) is 17.6 Å². The minimum atomic E-state index is -1.37. The van der Waals surface area contributed by atoms with E-state index in [1.165, 1.54) is 0 Å². The highest BCUT2D eigenvalue weighted by Crippen LogP contribution is 2.12. The number of carboxylic acids is 2. The smallest absolute Gasteiger partial charge is 0.326 e. The number of amides is 3. The molecule has 5 unspecified atom stereocenters. The van der Waals surface area contributed by atoms with Crippen LogP contribution in [0, 0.1) is 11.8 Å². The molecule has 0 aliphatic carbocycles. The summed E-state index contributed by atoms with van der Waals surface area (Å²) in [5.41, 5.74) is 6.38. The summed E-state index contributed by atoms with van der Waals surface area (Å²) < 4.78 is 0. The molecule has 5 atom stereocenters. The Kier molecular flexibility index (Phi) is 12.6. The monoisotopic (exact) mass is 506 g/mol. The van der Waals surface area contributed by atoms with E-state index < -0.39 is 60.2 Å². The van der Waals surface area contributed by atoms with E-state index in [2.05, 4.69) is 16.0 Å². The topological polar surface area (TPSA) is 188 Å². The van der Waals surface area contributed by atoms with Crippen LogP contribution in [0.3, 0.4) is 0 Å². The maximum absolute atomic E-state index is 13.3. The van der Waals surface area contributed by atoms with E-state index in [0.717, 1.165) is 5.56 Å². The van der Waals surface area contributed by atoms with Gasteiger partial charge in [-0.25, -0.2) is 4.79 Å². The summed E-state index contributed by atoms with van der Waals surface area (Å²) in [4.78, 5) is 61.4. The number of aliphatic carboxylic acids is 2. The average molecular weight is 507 g/mol. The van der Waals surface area contributed by atoms with Crippen LogP contribution in [-0.2, 0) is 30.4 Å². The van der Waals surface area contributed by atoms with Gasteiger partial charge in [0.25, 0.3) is 0 Å². The van der Waals surface area contributed by atoms with E-state index in [0.29, 0.717) is 6.42 Å². The maximum Gasteiger partial charge on any atom is 0.326 e. The molecule has 0 bridgehead atoms. The third-order valence-electron chi connectivity index (χ3n) is 5.76. The summed E-state index contributed by atoms with van der Waals surface area (Å²) in [7, 11) is 0. The molecule has 200 valence electrons. The first kappa shape index (κ1) is 30.6. The Balaban J connectivity index is 3.13. The molecule has 0 radical (unpaired) electrons. The molecular formula is C25H38N4O7. The van der Waals surface area contributed by atoms with Crippen LogP contribution in [-0.4, -0.2) is 64.0 Å². The summed E-state index contributed by atoms with van der Waals surface area (Å²) in [5, 5.41) is 26.1. The van der Waals surface area contributed by atoms with Crippen molar-refractivity contribution in [3.05, 3.63) is 35.9 Å². The summed E-state index contributed by atoms with van der Waals surface area (Å²) in [5.74, 6) is -4.89. The molecule has 11 nitrogen and oxygen atoms in total. The molecule has 0 saturated carbocycles. The van der Waals surface area contributed by atoms with Gasteiger partial charge in [0.05, 0.1) is 12.5 Å². The van der Waals surface area contributed by atoms with Gasteiger partial charge in [-0.3, -0.25) is 19.2 Å². The lowest BCUT2D eigenvalue weighted by atomic mass is 9.96. The van der Waals surface area contributed by atoms with Crippen molar-refractivity contribution in [2.75, 3.05) is 0 Å². The van der Waals surface area contributed by atoms with E-state index in [1.807, 2.05) is 20.8 Å². The van der Waals surface area contributed by atoms with Gasteiger partial charge >= 0.3 is 11.9 Å². The van der Waals surface area contributed by atoms with Gasteiger partial charge in [0.2, 0.25) is 17.7 Å². The third-order valence-corrected chi connectivity index (χ3v) is 5.76. The lowest BCUT2D eigenvalue weighted by Gasteiger charge is -2.28. The largest absolute Gasteiger partial charge is 0.481 e. The molecule has 0 spiro atoms. The fraction of sp³-hybridized carbons (Fsp3) is 0.560. The molecule has 0 aliphatic rings. The van der Waals surface area contributed by atoms with Gasteiger partial charge in [0, 0.05) is 6.42 Å². The molecule has 0 heterocycles. The van der Waals surface area contributed by atoms with Crippen LogP contribution in [0.1, 0.15) is 52.5 Å². The zero-order valence-corrected chi connectivity index (χ0v) is 21.2. The third kappa shape index (κ3) is 10.4. The first-order valence-corrected chi connectivity index (χ1v) is 12.0. The lowest BCUT2D eigenvalue weighted by molar-refractivity contribution is -0.143. The van der Waals surface area contributed by atoms with Crippen LogP contribution in [0.2, 0.25) is 0 Å². The number of nitrogens with one attached hydrogen (secondary N) is 3. The second-order valence-corrected chi connectivity index (χ2v) is 9.36. The van der Waals surface area contributed by atoms with Crippen molar-refractivity contribution >= 4 is 29.7 Å². The van der Waals surface area contributed by atoms with Crippen LogP contribution in [0.25, 0.3) is 0 Å². The van der Waals surface area contributed by atoms with Crippen molar-refractivity contribution in [3.8, 4) is 0 Å². The minimum absolute atomic E-state index is 0.0171. The summed E-state index contributed by atoms with van der Waals surface area (Å²) >= 11 is 0. The number of rotatable bonds is 15. The number of nitrogens with two attached hydrogens (primary N) is 1. The molecule has 36 heavy (non-hydrogen) atoms. The van der Waals surface area contributed by atoms with Crippen LogP contribution >= 0.6 is 0 Å². The van der Waals surface area contributed by atoms with Gasteiger partial charge < -0.3 is 31.9 Å². The van der Waals surface area contributed by atoms with E-state index in [9.17, 15) is 29.1 Å². The second-order valence-electron chi connectivity index (χ2n) is 9.36. The number of carbonyl (C=O) groups is 5. The van der Waals surface area contributed by atoms with E-state index in [1.54, 1.807) is 37.3 Å². The van der Waals surface area contributed by atoms with Crippen LogP contribution in [0.15, 0.2) is 30.3 Å². The van der Waals surface area contributed by atoms with E-state index in [-0.39, 0.29) is 24.7 Å². The number of hydrogen-bond acceptors (Lipinski definition) is 6. The molecule has 0 aliphatic heterocycles. The fourth-order valence-corrected chi connectivity index (χ4v) is 3.53. The van der Waals surface area contributed by atoms with Crippen molar-refractivity contribution in [3.63, 3.8) is 0 Å². The molecule has 1 aromatic carbocycles. The summed E-state index contributed by atoms with van der Waals surface area (Å²) in [6.07, 6.45) is 0.184. The van der Waals surface area contributed by atoms with Gasteiger partial charge in [0.15, 0.2) is 0 Å². The Morgan fingerprint density at radius 3 is 1.94 bits per heavy atom. The van der Waals surface area contributed by atoms with Crippen molar-refractivity contribution < 1.29 is 34.2 Å². The highest BCUT2D eigenvalue weighted by Gasteiger charge is 2.33. The van der Waals surface area contributed by atoms with Gasteiger partial charge in [-0.15, -0.1) is 0 Å². The quantitative estimate of drug-likeness (QED) is 0.200. The summed E-state index contributed by atoms with van der Waals surface area (Å²) in [6, 6.07) is 4.14. The van der Waals surface area contributed by atoms with E-state index in [4.69, 9.17) is 10.8 Å². The lowest BCUT2D eigenvalue weighted by Crippen LogP contribution is -2.59. The highest BCUT2D eigenvalue weighted by atomic mass is 16.4. The van der Waals surface area contributed by atoms with Crippen molar-refractivity contribution in [1.29, 1.82) is 0 Å². The molecule has 0 fully saturated rings. The van der Waals surface area contributed by atoms with Gasteiger partial charge in [0.1, 0.15) is 18.1 Å². The zero-order valence-electron chi connectivity index (χ0n) is 21.2. The average Bonchev–Trinajstić information content (AvgIpc) is 2.80. The number of benzene rings is 1. The molecule has 11 heteroatoms. The number of carbonyl (C=O) groups excluding carboxylic acids is 3. The standard InChI is InChI=1S/C25H38N4O7/c1-5-15(4)21(24(34)28-19(25(35)36)11-14(2)3)29-23(33)18(12-16-9-7-6-8-10-16)27-22(32)17(26)13-20(30)31/h6-10,14-15,17-19,21H,5,11-13,26H2,1-4H3,(H,27,32)(H,28,34)(H,29,33)(H,30,31)(H,35,36). The number of carboxylic acid groups (broad SMARTS) is 2. The van der Waals surface area contributed by atoms with E-state index >= 15 is 0 Å². The number of hydrogen-bond donors (Lipinski definition) is 6. The minimum Gasteiger partial charge on any atom is -0.481 e. The predicted molar refractivity (Wildman–Crippen MR) is 133 cm³/mol. The first-order chi connectivity index (χ1) is 16.8. The Morgan fingerprint density at radius 2 is 1.44 bits per heavy atom. The maximum atomic E-state index is 13.3. The van der Waals surface area contributed by atoms with Gasteiger partial charge in [-0.05, 0) is 23.8 Å². The Bertz CT molecular complexity index is 907. The second kappa shape index (κ2) is 14.8. The zero-order chi connectivity index (χ0) is 27.4. The molecule has 0 saturated heterocycles. The fourth-order valence-electron chi connectivity index (χ4n) is 3.53.